The summed E-state index contributed by atoms with van der Waals surface area (Å²) < 4.78 is 0. The van der Waals surface area contributed by atoms with Crippen LogP contribution in [0, 0.1) is 35.5 Å². The smallest absolute Gasteiger partial charge is 0.113 e. The van der Waals surface area contributed by atoms with Crippen LogP contribution in [0.3, 0.4) is 0 Å². The van der Waals surface area contributed by atoms with Gasteiger partial charge in [0.2, 0.25) is 0 Å². The van der Waals surface area contributed by atoms with Crippen LogP contribution < -0.4 is 0 Å². The minimum atomic E-state index is -0.156. The Bertz CT molecular complexity index is 412. The van der Waals surface area contributed by atoms with Gasteiger partial charge in [0.05, 0.1) is 0 Å². The molecule has 3 saturated carbocycles. The average molecular weight is 363 g/mol. The number of unbranched alkanes of at least 4 members (excludes halogenated alkanes) is 2. The Hall–Kier alpha value is -0.340. The highest BCUT2D eigenvalue weighted by Gasteiger charge is 2.40. The topological polar surface area (TPSA) is 29.5 Å². The van der Waals surface area contributed by atoms with Crippen molar-refractivity contribution in [2.75, 3.05) is 0 Å². The van der Waals surface area contributed by atoms with E-state index in [1.165, 1.54) is 89.9 Å². The summed E-state index contributed by atoms with van der Waals surface area (Å²) in [5.74, 6) is 5.36. The first kappa shape index (κ1) is 20.4. The number of hydrogen-bond donors (Lipinski definition) is 1. The highest BCUT2D eigenvalue weighted by atomic mass is 17.1. The van der Waals surface area contributed by atoms with Gasteiger partial charge in [-0.25, -0.2) is 4.89 Å². The lowest BCUT2D eigenvalue weighted by Crippen LogP contribution is -2.37. The lowest BCUT2D eigenvalue weighted by Gasteiger charge is -2.46. The predicted octanol–water partition coefficient (Wildman–Crippen LogP) is 7.25. The first-order valence-electron chi connectivity index (χ1n) is 11.7. The second kappa shape index (κ2) is 10.3. The minimum absolute atomic E-state index is 0.156. The van der Waals surface area contributed by atoms with E-state index < -0.39 is 0 Å². The van der Waals surface area contributed by atoms with Gasteiger partial charge >= 0.3 is 0 Å². The third kappa shape index (κ3) is 5.13. The monoisotopic (exact) mass is 362 g/mol. The molecule has 3 aliphatic rings. The van der Waals surface area contributed by atoms with Crippen molar-refractivity contribution in [2.24, 2.45) is 35.5 Å². The molecule has 0 aliphatic heterocycles. The van der Waals surface area contributed by atoms with Crippen LogP contribution in [-0.2, 0) is 4.89 Å². The van der Waals surface area contributed by atoms with Crippen molar-refractivity contribution in [1.82, 2.24) is 0 Å². The molecule has 26 heavy (non-hydrogen) atoms. The molecular weight excluding hydrogens is 320 g/mol. The summed E-state index contributed by atoms with van der Waals surface area (Å²) in [5.41, 5.74) is 0. The van der Waals surface area contributed by atoms with Crippen molar-refractivity contribution >= 4 is 0 Å². The number of hydrogen-bond acceptors (Lipinski definition) is 2. The summed E-state index contributed by atoms with van der Waals surface area (Å²) in [6, 6.07) is 0. The van der Waals surface area contributed by atoms with E-state index >= 15 is 0 Å². The summed E-state index contributed by atoms with van der Waals surface area (Å²) in [4.78, 5) is 4.66. The van der Waals surface area contributed by atoms with Crippen LogP contribution in [0.15, 0.2) is 12.7 Å². The van der Waals surface area contributed by atoms with Gasteiger partial charge in [0.1, 0.15) is 6.10 Å². The molecule has 0 heterocycles. The van der Waals surface area contributed by atoms with Gasteiger partial charge in [0.25, 0.3) is 0 Å². The van der Waals surface area contributed by atoms with Crippen LogP contribution in [0.5, 0.6) is 0 Å². The third-order valence-corrected chi connectivity index (χ3v) is 8.29. The zero-order valence-corrected chi connectivity index (χ0v) is 17.1. The summed E-state index contributed by atoms with van der Waals surface area (Å²) >= 11 is 0. The third-order valence-electron chi connectivity index (χ3n) is 8.29. The van der Waals surface area contributed by atoms with E-state index in [9.17, 15) is 0 Å². The summed E-state index contributed by atoms with van der Waals surface area (Å²) in [6.45, 7) is 6.14. The van der Waals surface area contributed by atoms with Crippen molar-refractivity contribution in [3.63, 3.8) is 0 Å². The second-order valence-corrected chi connectivity index (χ2v) is 9.75. The molecule has 5 atom stereocenters. The van der Waals surface area contributed by atoms with Crippen LogP contribution in [-0.4, -0.2) is 11.4 Å². The first-order chi connectivity index (χ1) is 12.7. The van der Waals surface area contributed by atoms with E-state index in [0.29, 0.717) is 5.92 Å². The van der Waals surface area contributed by atoms with Gasteiger partial charge in [-0.1, -0.05) is 51.5 Å². The van der Waals surface area contributed by atoms with Crippen molar-refractivity contribution in [3.8, 4) is 0 Å². The molecule has 0 aromatic rings. The molecule has 150 valence electrons. The average Bonchev–Trinajstić information content (AvgIpc) is 2.69. The Morgan fingerprint density at radius 3 is 2.15 bits per heavy atom. The Kier molecular flexibility index (Phi) is 8.06. The lowest BCUT2D eigenvalue weighted by atomic mass is 9.60. The zero-order chi connectivity index (χ0) is 18.4. The van der Waals surface area contributed by atoms with Crippen LogP contribution in [0.2, 0.25) is 0 Å². The molecule has 2 heteroatoms. The minimum Gasteiger partial charge on any atom is -0.251 e. The van der Waals surface area contributed by atoms with Crippen molar-refractivity contribution in [3.05, 3.63) is 12.7 Å². The van der Waals surface area contributed by atoms with E-state index in [2.05, 4.69) is 18.4 Å². The Labute approximate surface area is 161 Å². The highest BCUT2D eigenvalue weighted by Crippen LogP contribution is 2.50. The maximum atomic E-state index is 9.10. The maximum absolute atomic E-state index is 9.10. The zero-order valence-electron chi connectivity index (χ0n) is 17.1. The van der Waals surface area contributed by atoms with E-state index in [-0.39, 0.29) is 6.10 Å². The van der Waals surface area contributed by atoms with Crippen LogP contribution in [0.25, 0.3) is 0 Å². The molecule has 2 nitrogen and oxygen atoms in total. The van der Waals surface area contributed by atoms with Gasteiger partial charge in [-0.3, -0.25) is 5.26 Å². The van der Waals surface area contributed by atoms with E-state index in [4.69, 9.17) is 5.26 Å². The van der Waals surface area contributed by atoms with Gasteiger partial charge in [-0.05, 0) is 86.9 Å². The second-order valence-electron chi connectivity index (χ2n) is 9.75. The number of fused-ring (bicyclic) bond motifs is 1. The summed E-state index contributed by atoms with van der Waals surface area (Å²) in [6.07, 6.45) is 21.6. The van der Waals surface area contributed by atoms with E-state index in [1.807, 2.05) is 0 Å². The SMILES string of the molecule is C=CC(OO)C1CCC2CC(C3CCC(CCCCC)CC3)CCC2C1. The van der Waals surface area contributed by atoms with Crippen molar-refractivity contribution in [2.45, 2.75) is 103 Å². The standard InChI is InChI=1S/C24H42O2/c1-3-5-6-7-18-8-10-19(11-9-18)20-12-13-22-17-23(24(4-2)26-25)15-14-21(22)16-20/h4,18-25H,2-3,5-17H2,1H3. The Balaban J connectivity index is 1.42. The normalized spacial score (nSPS) is 39.2. The maximum Gasteiger partial charge on any atom is 0.113 e. The van der Waals surface area contributed by atoms with Crippen LogP contribution in [0.4, 0.5) is 0 Å². The molecule has 0 bridgehead atoms. The molecule has 3 fully saturated rings. The fraction of sp³-hybridized carbons (Fsp3) is 0.917. The van der Waals surface area contributed by atoms with Crippen LogP contribution >= 0.6 is 0 Å². The van der Waals surface area contributed by atoms with Crippen molar-refractivity contribution < 1.29 is 10.1 Å². The fourth-order valence-corrected chi connectivity index (χ4v) is 6.64. The molecule has 5 unspecified atom stereocenters. The van der Waals surface area contributed by atoms with E-state index in [0.717, 1.165) is 29.6 Å². The molecule has 0 amide bonds. The van der Waals surface area contributed by atoms with Crippen LogP contribution in [0.1, 0.15) is 96.8 Å². The summed E-state index contributed by atoms with van der Waals surface area (Å²) in [7, 11) is 0. The first-order valence-corrected chi connectivity index (χ1v) is 11.7. The fourth-order valence-electron chi connectivity index (χ4n) is 6.64. The molecule has 3 rings (SSSR count). The Morgan fingerprint density at radius 2 is 1.50 bits per heavy atom. The van der Waals surface area contributed by atoms with Gasteiger partial charge in [0.15, 0.2) is 0 Å². The molecular formula is C24H42O2. The predicted molar refractivity (Wildman–Crippen MR) is 109 cm³/mol. The molecule has 3 aliphatic carbocycles. The molecule has 0 spiro atoms. The molecule has 0 aromatic heterocycles. The summed E-state index contributed by atoms with van der Waals surface area (Å²) in [5, 5.41) is 9.10. The molecule has 1 N–H and O–H groups in total. The quantitative estimate of drug-likeness (QED) is 0.213. The van der Waals surface area contributed by atoms with Gasteiger partial charge in [0, 0.05) is 0 Å². The molecule has 0 aromatic carbocycles. The van der Waals surface area contributed by atoms with Gasteiger partial charge < -0.3 is 0 Å². The highest BCUT2D eigenvalue weighted by molar-refractivity contribution is 4.94. The number of rotatable bonds is 8. The Morgan fingerprint density at radius 1 is 0.885 bits per heavy atom. The van der Waals surface area contributed by atoms with Gasteiger partial charge in [-0.2, -0.15) is 0 Å². The van der Waals surface area contributed by atoms with Gasteiger partial charge in [-0.15, -0.1) is 6.58 Å². The van der Waals surface area contributed by atoms with E-state index in [1.54, 1.807) is 6.08 Å². The lowest BCUT2D eigenvalue weighted by molar-refractivity contribution is -0.280. The molecule has 0 saturated heterocycles. The largest absolute Gasteiger partial charge is 0.251 e. The molecule has 0 radical (unpaired) electrons. The van der Waals surface area contributed by atoms with Crippen molar-refractivity contribution in [1.29, 1.82) is 0 Å².